The van der Waals surface area contributed by atoms with Crippen LogP contribution < -0.4 is 0 Å². The van der Waals surface area contributed by atoms with Crippen molar-refractivity contribution in [3.05, 3.63) is 0 Å². The van der Waals surface area contributed by atoms with Gasteiger partial charge in [-0.1, -0.05) is 12.6 Å². The van der Waals surface area contributed by atoms with E-state index in [4.69, 9.17) is 25.1 Å². The molecular formula is C3H3NO4S. The lowest BCUT2D eigenvalue weighted by atomic mass is 10.7. The van der Waals surface area contributed by atoms with Crippen molar-refractivity contribution >= 4 is 24.6 Å². The molecule has 0 aliphatic carbocycles. The maximum atomic E-state index is 9.10. The molecule has 50 valence electrons. The number of rotatable bonds is 0. The SMILES string of the molecule is N#CS.O=C(O)C(=O)O. The molecule has 5 nitrogen and oxygen atoms in total. The molecule has 0 spiro atoms. The predicted molar refractivity (Wildman–Crippen MR) is 29.9 cm³/mol. The average molecular weight is 149 g/mol. The molecular weight excluding hydrogens is 146 g/mol. The van der Waals surface area contributed by atoms with Crippen LogP contribution in [0.4, 0.5) is 0 Å². The van der Waals surface area contributed by atoms with E-state index in [1.807, 2.05) is 0 Å². The number of aliphatic carboxylic acids is 2. The van der Waals surface area contributed by atoms with Gasteiger partial charge in [0, 0.05) is 0 Å². The molecule has 0 bridgehead atoms. The molecule has 9 heavy (non-hydrogen) atoms. The number of nitrogens with zero attached hydrogens (tertiary/aromatic N) is 1. The van der Waals surface area contributed by atoms with Crippen LogP contribution >= 0.6 is 12.6 Å². The number of nitriles is 1. The maximum Gasteiger partial charge on any atom is 0.414 e. The first kappa shape index (κ1) is 10.7. The van der Waals surface area contributed by atoms with Crippen LogP contribution in [-0.2, 0) is 9.59 Å². The van der Waals surface area contributed by atoms with Gasteiger partial charge in [-0.05, 0) is 0 Å². The fourth-order valence-electron chi connectivity index (χ4n) is 0. The number of hydrogen-bond acceptors (Lipinski definition) is 4. The summed E-state index contributed by atoms with van der Waals surface area (Å²) in [6, 6.07) is 0. The van der Waals surface area contributed by atoms with Gasteiger partial charge in [0.15, 0.2) is 0 Å². The Bertz CT molecular complexity index is 136. The predicted octanol–water partition coefficient (Wildman–Crippen LogP) is -0.447. The van der Waals surface area contributed by atoms with Crippen LogP contribution in [0.1, 0.15) is 0 Å². The van der Waals surface area contributed by atoms with Gasteiger partial charge >= 0.3 is 11.9 Å². The lowest BCUT2D eigenvalue weighted by Crippen LogP contribution is -2.09. The summed E-state index contributed by atoms with van der Waals surface area (Å²) in [7, 11) is 0. The summed E-state index contributed by atoms with van der Waals surface area (Å²) in [6.07, 6.45) is 0. The quantitative estimate of drug-likeness (QED) is 0.246. The van der Waals surface area contributed by atoms with Gasteiger partial charge in [-0.15, -0.1) is 0 Å². The van der Waals surface area contributed by atoms with Gasteiger partial charge in [0.05, 0.1) is 0 Å². The van der Waals surface area contributed by atoms with E-state index in [0.29, 0.717) is 0 Å². The Morgan fingerprint density at radius 3 is 1.44 bits per heavy atom. The second kappa shape index (κ2) is 6.78. The van der Waals surface area contributed by atoms with Crippen molar-refractivity contribution in [3.63, 3.8) is 0 Å². The molecule has 0 aliphatic rings. The molecule has 0 aromatic rings. The summed E-state index contributed by atoms with van der Waals surface area (Å²) in [4.78, 5) is 18.2. The molecule has 0 saturated heterocycles. The number of thiocyanates is 1. The highest BCUT2D eigenvalue weighted by Crippen LogP contribution is 1.56. The second-order valence-electron chi connectivity index (χ2n) is 0.710. The molecule has 2 N–H and O–H groups in total. The molecule has 0 unspecified atom stereocenters. The molecule has 0 fully saturated rings. The zero-order chi connectivity index (χ0) is 7.86. The smallest absolute Gasteiger partial charge is 0.414 e. The molecule has 0 aromatic carbocycles. The lowest BCUT2D eigenvalue weighted by Gasteiger charge is -1.72. The van der Waals surface area contributed by atoms with Gasteiger partial charge in [-0.25, -0.2) is 9.59 Å². The zero-order valence-electron chi connectivity index (χ0n) is 4.11. The van der Waals surface area contributed by atoms with Crippen molar-refractivity contribution in [2.24, 2.45) is 0 Å². The highest BCUT2D eigenvalue weighted by molar-refractivity contribution is 7.85. The van der Waals surface area contributed by atoms with E-state index in [2.05, 4.69) is 12.6 Å². The van der Waals surface area contributed by atoms with Crippen LogP contribution in [0, 0.1) is 10.7 Å². The van der Waals surface area contributed by atoms with Gasteiger partial charge in [-0.3, -0.25) is 0 Å². The minimum atomic E-state index is -1.82. The molecule has 0 amide bonds. The largest absolute Gasteiger partial charge is 0.473 e. The topological polar surface area (TPSA) is 98.4 Å². The van der Waals surface area contributed by atoms with Crippen LogP contribution in [0.3, 0.4) is 0 Å². The third-order valence-corrected chi connectivity index (χ3v) is 0.183. The van der Waals surface area contributed by atoms with Crippen molar-refractivity contribution in [2.75, 3.05) is 0 Å². The van der Waals surface area contributed by atoms with Crippen LogP contribution in [0.15, 0.2) is 0 Å². The van der Waals surface area contributed by atoms with Crippen LogP contribution in [0.2, 0.25) is 0 Å². The second-order valence-corrected chi connectivity index (χ2v) is 0.910. The third kappa shape index (κ3) is 20.0. The first-order chi connectivity index (χ1) is 4.06. The fourth-order valence-corrected chi connectivity index (χ4v) is 0. The van der Waals surface area contributed by atoms with E-state index >= 15 is 0 Å². The summed E-state index contributed by atoms with van der Waals surface area (Å²) in [6.45, 7) is 0. The molecule has 0 aliphatic heterocycles. The zero-order valence-corrected chi connectivity index (χ0v) is 5.00. The van der Waals surface area contributed by atoms with E-state index in [1.165, 1.54) is 5.40 Å². The van der Waals surface area contributed by atoms with Crippen LogP contribution in [-0.4, -0.2) is 22.2 Å². The lowest BCUT2D eigenvalue weighted by molar-refractivity contribution is -0.159. The Hall–Kier alpha value is -1.22. The Morgan fingerprint density at radius 2 is 1.44 bits per heavy atom. The summed E-state index contributed by atoms with van der Waals surface area (Å²) < 4.78 is 0. The van der Waals surface area contributed by atoms with Crippen molar-refractivity contribution in [3.8, 4) is 5.40 Å². The number of hydrogen-bond donors (Lipinski definition) is 3. The monoisotopic (exact) mass is 149 g/mol. The van der Waals surface area contributed by atoms with Gasteiger partial charge in [-0.2, -0.15) is 5.26 Å². The molecule has 0 aromatic heterocycles. The summed E-state index contributed by atoms with van der Waals surface area (Å²) in [5.41, 5.74) is 0. The highest BCUT2D eigenvalue weighted by atomic mass is 32.1. The van der Waals surface area contributed by atoms with Gasteiger partial charge in [0.2, 0.25) is 0 Å². The minimum Gasteiger partial charge on any atom is -0.473 e. The van der Waals surface area contributed by atoms with Crippen LogP contribution in [0.5, 0.6) is 0 Å². The molecule has 6 heteroatoms. The van der Waals surface area contributed by atoms with Gasteiger partial charge in [0.25, 0.3) is 0 Å². The summed E-state index contributed by atoms with van der Waals surface area (Å²) in [5.74, 6) is -3.65. The van der Waals surface area contributed by atoms with E-state index in [-0.39, 0.29) is 0 Å². The van der Waals surface area contributed by atoms with E-state index < -0.39 is 11.9 Å². The fraction of sp³-hybridized carbons (Fsp3) is 0. The standard InChI is InChI=1S/C2H2O4.CHNS/c3-1(4)2(5)6;2-1-3/h(H,3,4)(H,5,6);3H. The number of carbonyl (C=O) groups is 2. The van der Waals surface area contributed by atoms with E-state index in [9.17, 15) is 0 Å². The van der Waals surface area contributed by atoms with Crippen molar-refractivity contribution < 1.29 is 19.8 Å². The maximum absolute atomic E-state index is 9.10. The van der Waals surface area contributed by atoms with Gasteiger partial charge in [0.1, 0.15) is 5.40 Å². The average Bonchev–Trinajstić information content (AvgIpc) is 1.68. The molecule has 0 radical (unpaired) electrons. The normalized spacial score (nSPS) is 5.78. The van der Waals surface area contributed by atoms with E-state index in [0.717, 1.165) is 0 Å². The molecule has 0 heterocycles. The Morgan fingerprint density at radius 1 is 1.33 bits per heavy atom. The van der Waals surface area contributed by atoms with Gasteiger partial charge < -0.3 is 10.2 Å². The summed E-state index contributed by atoms with van der Waals surface area (Å²) in [5, 5.41) is 23.4. The van der Waals surface area contributed by atoms with Crippen molar-refractivity contribution in [1.82, 2.24) is 0 Å². The Balaban J connectivity index is 0. The van der Waals surface area contributed by atoms with Crippen LogP contribution in [0.25, 0.3) is 0 Å². The third-order valence-electron chi connectivity index (χ3n) is 0.183. The minimum absolute atomic E-state index is 1.44. The van der Waals surface area contributed by atoms with E-state index in [1.54, 1.807) is 0 Å². The van der Waals surface area contributed by atoms with Crippen molar-refractivity contribution in [1.29, 1.82) is 5.26 Å². The number of thiol groups is 1. The molecule has 0 rings (SSSR count). The molecule has 0 atom stereocenters. The Kier molecular flexibility index (Phi) is 8.06. The summed E-state index contributed by atoms with van der Waals surface area (Å²) >= 11 is 3.09. The Labute approximate surface area is 55.9 Å². The van der Waals surface area contributed by atoms with Crippen molar-refractivity contribution in [2.45, 2.75) is 0 Å². The number of carboxylic acids is 2. The molecule has 0 saturated carbocycles. The highest BCUT2D eigenvalue weighted by Gasteiger charge is 2.04. The first-order valence-corrected chi connectivity index (χ1v) is 2.00. The number of carboxylic acid groups (broad SMARTS) is 2. The first-order valence-electron chi connectivity index (χ1n) is 1.55.